The van der Waals surface area contributed by atoms with Gasteiger partial charge < -0.3 is 20.5 Å². The Hall–Kier alpha value is -3.49. The molecule has 0 unspecified atom stereocenters. The van der Waals surface area contributed by atoms with Crippen LogP contribution in [0.3, 0.4) is 0 Å². The number of methoxy groups -OCH3 is 1. The topological polar surface area (TPSA) is 129 Å². The van der Waals surface area contributed by atoms with Gasteiger partial charge in [-0.2, -0.15) is 0 Å². The van der Waals surface area contributed by atoms with Crippen molar-refractivity contribution < 1.29 is 19.1 Å². The maximum absolute atomic E-state index is 11.7. The summed E-state index contributed by atoms with van der Waals surface area (Å²) in [4.78, 5) is 27.3. The van der Waals surface area contributed by atoms with Crippen LogP contribution in [0.4, 0.5) is 0 Å². The summed E-state index contributed by atoms with van der Waals surface area (Å²) in [5.41, 5.74) is 7.39. The molecular formula is C20H23N5O4. The Bertz CT molecular complexity index is 911. The maximum Gasteiger partial charge on any atom is 0.308 e. The molecule has 3 N–H and O–H groups in total. The summed E-state index contributed by atoms with van der Waals surface area (Å²) in [6.45, 7) is 0.103. The first kappa shape index (κ1) is 20.2. The molecule has 152 valence electrons. The molecule has 1 saturated heterocycles. The molecule has 0 aliphatic carbocycles. The van der Waals surface area contributed by atoms with Gasteiger partial charge in [0.15, 0.2) is 0 Å². The van der Waals surface area contributed by atoms with Crippen LogP contribution >= 0.6 is 0 Å². The molecule has 9 nitrogen and oxygen atoms in total. The molecule has 2 aromatic rings. The number of aliphatic imine (C=N–C) groups is 1. The smallest absolute Gasteiger partial charge is 0.308 e. The first-order valence-electron chi connectivity index (χ1n) is 9.12. The van der Waals surface area contributed by atoms with Gasteiger partial charge in [-0.15, -0.1) is 10.2 Å². The average Bonchev–Trinajstić information content (AvgIpc) is 3.12. The van der Waals surface area contributed by atoms with Crippen molar-refractivity contribution in [2.24, 2.45) is 10.7 Å². The molecule has 0 saturated carbocycles. The lowest BCUT2D eigenvalue weighted by Gasteiger charge is -2.27. The summed E-state index contributed by atoms with van der Waals surface area (Å²) < 4.78 is 10.4. The SMILES string of the molecule is CN=C(N)c1ccc(-c2ccc(OC[C@@]3(CC(=O)OC)CCC(=O)N3)nn2)cc1. The first-order chi connectivity index (χ1) is 13.9. The Kier molecular flexibility index (Phi) is 6.06. The van der Waals surface area contributed by atoms with Crippen molar-refractivity contribution in [1.82, 2.24) is 15.5 Å². The minimum absolute atomic E-state index is 0.0390. The number of hydrogen-bond donors (Lipinski definition) is 2. The number of rotatable bonds is 7. The Morgan fingerprint density at radius 1 is 1.24 bits per heavy atom. The lowest BCUT2D eigenvalue weighted by Crippen LogP contribution is -2.48. The molecule has 2 heterocycles. The van der Waals surface area contributed by atoms with Crippen molar-refractivity contribution in [3.05, 3.63) is 42.0 Å². The standard InChI is InChI=1S/C20H23N5O4/c1-22-19(21)14-5-3-13(4-6-14)15-7-8-17(25-24-15)29-12-20(11-18(27)28-2)10-9-16(26)23-20/h3-8H,9-12H2,1-2H3,(H2,21,22)(H,23,26)/t20-/m0/s1. The molecule has 1 aliphatic heterocycles. The summed E-state index contributed by atoms with van der Waals surface area (Å²) >= 11 is 0. The van der Waals surface area contributed by atoms with Crippen LogP contribution in [0.1, 0.15) is 24.8 Å². The van der Waals surface area contributed by atoms with Crippen LogP contribution in [0.5, 0.6) is 5.88 Å². The van der Waals surface area contributed by atoms with Gasteiger partial charge in [0.1, 0.15) is 12.4 Å². The van der Waals surface area contributed by atoms with Crippen LogP contribution in [-0.4, -0.2) is 54.2 Å². The zero-order chi connectivity index (χ0) is 20.9. The van der Waals surface area contributed by atoms with Crippen molar-refractivity contribution in [3.8, 4) is 17.1 Å². The van der Waals surface area contributed by atoms with Gasteiger partial charge in [-0.1, -0.05) is 24.3 Å². The predicted molar refractivity (Wildman–Crippen MR) is 106 cm³/mol. The third-order valence-electron chi connectivity index (χ3n) is 4.80. The van der Waals surface area contributed by atoms with Crippen LogP contribution in [0, 0.1) is 0 Å². The number of aromatic nitrogens is 2. The summed E-state index contributed by atoms with van der Waals surface area (Å²) in [5, 5.41) is 11.1. The minimum atomic E-state index is -0.791. The Labute approximate surface area is 168 Å². The molecule has 1 atom stereocenters. The van der Waals surface area contributed by atoms with Crippen molar-refractivity contribution in [3.63, 3.8) is 0 Å². The molecule has 1 aromatic carbocycles. The van der Waals surface area contributed by atoms with E-state index in [1.165, 1.54) is 7.11 Å². The summed E-state index contributed by atoms with van der Waals surface area (Å²) in [7, 11) is 2.95. The highest BCUT2D eigenvalue weighted by Gasteiger charge is 2.41. The normalized spacial score (nSPS) is 19.0. The lowest BCUT2D eigenvalue weighted by molar-refractivity contribution is -0.142. The second-order valence-electron chi connectivity index (χ2n) is 6.81. The zero-order valence-corrected chi connectivity index (χ0v) is 16.3. The maximum atomic E-state index is 11.7. The number of ether oxygens (including phenoxy) is 2. The number of amidine groups is 1. The van der Waals surface area contributed by atoms with E-state index >= 15 is 0 Å². The number of benzene rings is 1. The molecular weight excluding hydrogens is 374 g/mol. The second-order valence-corrected chi connectivity index (χ2v) is 6.81. The van der Waals surface area contributed by atoms with E-state index in [1.54, 1.807) is 19.2 Å². The summed E-state index contributed by atoms with van der Waals surface area (Å²) in [6, 6.07) is 11.0. The molecule has 3 rings (SSSR count). The van der Waals surface area contributed by atoms with Gasteiger partial charge >= 0.3 is 5.97 Å². The third kappa shape index (κ3) is 4.87. The fraction of sp³-hybridized carbons (Fsp3) is 0.350. The van der Waals surface area contributed by atoms with Crippen molar-refractivity contribution >= 4 is 17.7 Å². The minimum Gasteiger partial charge on any atom is -0.474 e. The van der Waals surface area contributed by atoms with Gasteiger partial charge in [0, 0.05) is 30.7 Å². The average molecular weight is 397 g/mol. The van der Waals surface area contributed by atoms with Gasteiger partial charge in [0.2, 0.25) is 11.8 Å². The van der Waals surface area contributed by atoms with Crippen LogP contribution in [0.25, 0.3) is 11.3 Å². The Balaban J connectivity index is 1.67. The second kappa shape index (κ2) is 8.68. The van der Waals surface area contributed by atoms with E-state index in [0.717, 1.165) is 11.1 Å². The number of carbonyl (C=O) groups is 2. The number of nitrogens with two attached hydrogens (primary N) is 1. The highest BCUT2D eigenvalue weighted by atomic mass is 16.5. The van der Waals surface area contributed by atoms with Gasteiger partial charge in [-0.05, 0) is 12.5 Å². The van der Waals surface area contributed by atoms with Crippen molar-refractivity contribution in [2.75, 3.05) is 20.8 Å². The quantitative estimate of drug-likeness (QED) is 0.406. The van der Waals surface area contributed by atoms with Crippen LogP contribution in [0.15, 0.2) is 41.4 Å². The van der Waals surface area contributed by atoms with Crippen molar-refractivity contribution in [1.29, 1.82) is 0 Å². The Morgan fingerprint density at radius 2 is 2.00 bits per heavy atom. The van der Waals surface area contributed by atoms with Gasteiger partial charge in [0.25, 0.3) is 0 Å². The van der Waals surface area contributed by atoms with E-state index < -0.39 is 11.5 Å². The molecule has 1 aromatic heterocycles. The van der Waals surface area contributed by atoms with E-state index in [2.05, 4.69) is 20.5 Å². The fourth-order valence-electron chi connectivity index (χ4n) is 3.12. The van der Waals surface area contributed by atoms with E-state index in [-0.39, 0.29) is 18.9 Å². The first-order valence-corrected chi connectivity index (χ1v) is 9.12. The van der Waals surface area contributed by atoms with Crippen molar-refractivity contribution in [2.45, 2.75) is 24.8 Å². The largest absolute Gasteiger partial charge is 0.474 e. The third-order valence-corrected chi connectivity index (χ3v) is 4.80. The number of esters is 1. The highest BCUT2D eigenvalue weighted by molar-refractivity contribution is 5.97. The zero-order valence-electron chi connectivity index (χ0n) is 16.3. The number of hydrogen-bond acceptors (Lipinski definition) is 7. The summed E-state index contributed by atoms with van der Waals surface area (Å²) in [5.74, 6) is 0.245. The molecule has 0 bridgehead atoms. The van der Waals surface area contributed by atoms with E-state index in [0.29, 0.717) is 30.3 Å². The number of nitrogens with one attached hydrogen (secondary N) is 1. The highest BCUT2D eigenvalue weighted by Crippen LogP contribution is 2.26. The molecule has 1 fully saturated rings. The fourth-order valence-corrected chi connectivity index (χ4v) is 3.12. The molecule has 9 heteroatoms. The number of carbonyl (C=O) groups excluding carboxylic acids is 2. The van der Waals surface area contributed by atoms with E-state index in [1.807, 2.05) is 24.3 Å². The van der Waals surface area contributed by atoms with Crippen LogP contribution in [0.2, 0.25) is 0 Å². The van der Waals surface area contributed by atoms with Gasteiger partial charge in [0.05, 0.1) is 24.8 Å². The Morgan fingerprint density at radius 3 is 2.55 bits per heavy atom. The van der Waals surface area contributed by atoms with E-state index in [4.69, 9.17) is 15.2 Å². The number of amides is 1. The molecule has 29 heavy (non-hydrogen) atoms. The predicted octanol–water partition coefficient (Wildman–Crippen LogP) is 1.07. The van der Waals surface area contributed by atoms with Crippen LogP contribution in [-0.2, 0) is 14.3 Å². The van der Waals surface area contributed by atoms with E-state index in [9.17, 15) is 9.59 Å². The lowest BCUT2D eigenvalue weighted by atomic mass is 9.94. The molecule has 0 radical (unpaired) electrons. The molecule has 1 aliphatic rings. The molecule has 1 amide bonds. The molecule has 0 spiro atoms. The number of nitrogens with zero attached hydrogens (tertiary/aromatic N) is 3. The monoisotopic (exact) mass is 397 g/mol. The van der Waals surface area contributed by atoms with Gasteiger partial charge in [-0.25, -0.2) is 0 Å². The summed E-state index contributed by atoms with van der Waals surface area (Å²) in [6.07, 6.45) is 0.870. The van der Waals surface area contributed by atoms with Gasteiger partial charge in [-0.3, -0.25) is 14.6 Å². The van der Waals surface area contributed by atoms with Crippen LogP contribution < -0.4 is 15.8 Å².